The highest BCUT2D eigenvalue weighted by atomic mass is 16.3. The highest BCUT2D eigenvalue weighted by Crippen LogP contribution is 2.39. The predicted octanol–water partition coefficient (Wildman–Crippen LogP) is 3.25. The van der Waals surface area contributed by atoms with E-state index >= 15 is 0 Å². The van der Waals surface area contributed by atoms with Crippen LogP contribution >= 0.6 is 0 Å². The van der Waals surface area contributed by atoms with E-state index < -0.39 is 12.0 Å². The smallest absolute Gasteiger partial charge is 0.237 e. The van der Waals surface area contributed by atoms with Crippen LogP contribution in [0.1, 0.15) is 111 Å². The minimum atomic E-state index is -0.757. The fraction of sp³-hybridized carbons (Fsp3) is 0.897. The summed E-state index contributed by atoms with van der Waals surface area (Å²) in [7, 11) is 0. The first-order valence-corrected chi connectivity index (χ1v) is 14.8. The number of primary amides is 1. The molecule has 212 valence electrons. The van der Waals surface area contributed by atoms with Crippen molar-refractivity contribution in [3.8, 4) is 0 Å². The van der Waals surface area contributed by atoms with Crippen molar-refractivity contribution in [2.45, 2.75) is 134 Å². The maximum absolute atomic E-state index is 13.4. The summed E-state index contributed by atoms with van der Waals surface area (Å²) in [5, 5.41) is 17.8. The van der Waals surface area contributed by atoms with E-state index in [2.05, 4.69) is 15.5 Å². The molecule has 0 spiro atoms. The normalized spacial score (nSPS) is 27.1. The van der Waals surface area contributed by atoms with E-state index in [1.54, 1.807) is 0 Å². The monoisotopic (exact) mass is 520 g/mol. The van der Waals surface area contributed by atoms with Gasteiger partial charge in [0.2, 0.25) is 17.7 Å². The molecule has 3 amide bonds. The first kappa shape index (κ1) is 29.9. The van der Waals surface area contributed by atoms with Gasteiger partial charge in [-0.2, -0.15) is 0 Å². The number of rotatable bonds is 11. The van der Waals surface area contributed by atoms with Crippen molar-refractivity contribution < 1.29 is 19.5 Å². The van der Waals surface area contributed by atoms with Crippen molar-refractivity contribution in [3.63, 3.8) is 0 Å². The Bertz CT molecular complexity index is 761. The number of aliphatic hydroxyl groups excluding tert-OH is 1. The van der Waals surface area contributed by atoms with Crippen LogP contribution < -0.4 is 16.4 Å². The molecule has 5 N–H and O–H groups in total. The Kier molecular flexibility index (Phi) is 11.2. The highest BCUT2D eigenvalue weighted by molar-refractivity contribution is 5.82. The minimum absolute atomic E-state index is 0.0445. The molecule has 5 atom stereocenters. The number of hydrogen-bond acceptors (Lipinski definition) is 5. The van der Waals surface area contributed by atoms with Gasteiger partial charge in [-0.05, 0) is 64.2 Å². The van der Waals surface area contributed by atoms with Crippen molar-refractivity contribution in [2.24, 2.45) is 23.5 Å². The third-order valence-electron chi connectivity index (χ3n) is 8.67. The van der Waals surface area contributed by atoms with Crippen molar-refractivity contribution >= 4 is 17.7 Å². The van der Waals surface area contributed by atoms with Crippen LogP contribution in [0.2, 0.25) is 0 Å². The van der Waals surface area contributed by atoms with Gasteiger partial charge in [0, 0.05) is 31.5 Å². The SMILES string of the molecule is CC(C)(C)NC(=O)[C@@H]1C[C@@H]2CCCC[C@@H]2CN1C[C@@H](O)[C@H](CC1CCCCC1)NC(=O)CCCC(N)=O. The molecular formula is C29H52N4O4. The second-order valence-corrected chi connectivity index (χ2v) is 13.1. The van der Waals surface area contributed by atoms with Gasteiger partial charge in [-0.25, -0.2) is 0 Å². The van der Waals surface area contributed by atoms with Gasteiger partial charge >= 0.3 is 0 Å². The standard InChI is InChI=1S/C29H52N4O4/c1-29(2,3)32-28(37)24-17-21-12-7-8-13-22(21)18-33(24)19-25(34)23(16-20-10-5-4-6-11-20)31-27(36)15-9-14-26(30)35/h20-25,34H,4-19H2,1-3H3,(H2,30,35)(H,31,36)(H,32,37)/t21-,22+,23-,24-,25+/m0/s1. The molecule has 0 unspecified atom stereocenters. The van der Waals surface area contributed by atoms with E-state index in [9.17, 15) is 19.5 Å². The molecule has 37 heavy (non-hydrogen) atoms. The molecule has 0 aromatic rings. The number of amides is 3. The lowest BCUT2D eigenvalue weighted by Crippen LogP contribution is -2.60. The molecule has 3 fully saturated rings. The van der Waals surface area contributed by atoms with E-state index in [0.717, 1.165) is 32.2 Å². The summed E-state index contributed by atoms with van der Waals surface area (Å²) >= 11 is 0. The molecule has 2 saturated carbocycles. The van der Waals surface area contributed by atoms with Crippen LogP contribution in [0.4, 0.5) is 0 Å². The number of carbonyl (C=O) groups excluding carboxylic acids is 3. The Hall–Kier alpha value is -1.67. The van der Waals surface area contributed by atoms with Crippen molar-refractivity contribution in [3.05, 3.63) is 0 Å². The van der Waals surface area contributed by atoms with Crippen molar-refractivity contribution in [1.82, 2.24) is 15.5 Å². The van der Waals surface area contributed by atoms with Gasteiger partial charge in [-0.15, -0.1) is 0 Å². The summed E-state index contributed by atoms with van der Waals surface area (Å²) in [5.74, 6) is 1.12. The van der Waals surface area contributed by atoms with Gasteiger partial charge in [-0.1, -0.05) is 51.4 Å². The first-order valence-electron chi connectivity index (χ1n) is 14.8. The summed E-state index contributed by atoms with van der Waals surface area (Å²) in [6.45, 7) is 7.22. The number of carbonyl (C=O) groups is 3. The number of nitrogens with zero attached hydrogens (tertiary/aromatic N) is 1. The molecule has 0 radical (unpaired) electrons. The Morgan fingerprint density at radius 1 is 0.973 bits per heavy atom. The Balaban J connectivity index is 1.70. The number of piperidine rings is 1. The van der Waals surface area contributed by atoms with Crippen LogP contribution in [-0.4, -0.2) is 64.5 Å². The molecule has 8 nitrogen and oxygen atoms in total. The van der Waals surface area contributed by atoms with Gasteiger partial charge in [-0.3, -0.25) is 19.3 Å². The molecule has 8 heteroatoms. The number of aliphatic hydroxyl groups is 1. The zero-order valence-corrected chi connectivity index (χ0v) is 23.5. The molecular weight excluding hydrogens is 468 g/mol. The molecule has 0 aromatic carbocycles. The molecule has 0 bridgehead atoms. The molecule has 3 rings (SSSR count). The van der Waals surface area contributed by atoms with E-state index in [0.29, 0.717) is 30.7 Å². The molecule has 0 aromatic heterocycles. The van der Waals surface area contributed by atoms with Gasteiger partial charge in [0.05, 0.1) is 18.2 Å². The topological polar surface area (TPSA) is 125 Å². The van der Waals surface area contributed by atoms with Gasteiger partial charge in [0.25, 0.3) is 0 Å². The number of likely N-dealkylation sites (tertiary alicyclic amines) is 1. The maximum atomic E-state index is 13.4. The number of fused-ring (bicyclic) bond motifs is 1. The fourth-order valence-corrected chi connectivity index (χ4v) is 6.79. The maximum Gasteiger partial charge on any atom is 0.237 e. The summed E-state index contributed by atoms with van der Waals surface area (Å²) in [6.07, 6.45) is 12.4. The Morgan fingerprint density at radius 3 is 2.27 bits per heavy atom. The lowest BCUT2D eigenvalue weighted by atomic mass is 9.72. The van der Waals surface area contributed by atoms with Gasteiger partial charge in [0.15, 0.2) is 0 Å². The summed E-state index contributed by atoms with van der Waals surface area (Å²) < 4.78 is 0. The fourth-order valence-electron chi connectivity index (χ4n) is 6.79. The number of hydrogen-bond donors (Lipinski definition) is 4. The van der Waals surface area contributed by atoms with E-state index in [4.69, 9.17) is 5.73 Å². The van der Waals surface area contributed by atoms with Crippen LogP contribution in [-0.2, 0) is 14.4 Å². The van der Waals surface area contributed by atoms with Crippen molar-refractivity contribution in [2.75, 3.05) is 13.1 Å². The largest absolute Gasteiger partial charge is 0.390 e. The van der Waals surface area contributed by atoms with E-state index in [1.807, 2.05) is 20.8 Å². The average molecular weight is 521 g/mol. The molecule has 2 aliphatic carbocycles. The van der Waals surface area contributed by atoms with Crippen LogP contribution in [0.3, 0.4) is 0 Å². The first-order chi connectivity index (χ1) is 17.5. The zero-order valence-electron chi connectivity index (χ0n) is 23.5. The Labute approximate surface area is 223 Å². The van der Waals surface area contributed by atoms with Crippen LogP contribution in [0, 0.1) is 17.8 Å². The molecule has 1 saturated heterocycles. The third-order valence-corrected chi connectivity index (χ3v) is 8.67. The quantitative estimate of drug-likeness (QED) is 0.333. The van der Waals surface area contributed by atoms with Crippen LogP contribution in [0.15, 0.2) is 0 Å². The average Bonchev–Trinajstić information content (AvgIpc) is 2.82. The second-order valence-electron chi connectivity index (χ2n) is 13.1. The van der Waals surface area contributed by atoms with Crippen LogP contribution in [0.5, 0.6) is 0 Å². The number of β-amino-alcohol motifs (C(OH)–C–C–N with tert-alkyl or cyclic N) is 1. The summed E-state index contributed by atoms with van der Waals surface area (Å²) in [6, 6.07) is -0.616. The van der Waals surface area contributed by atoms with Crippen LogP contribution in [0.25, 0.3) is 0 Å². The zero-order chi connectivity index (χ0) is 27.0. The molecule has 1 heterocycles. The third kappa shape index (κ3) is 9.86. The second kappa shape index (κ2) is 13.9. The van der Waals surface area contributed by atoms with Crippen molar-refractivity contribution in [1.29, 1.82) is 0 Å². The lowest BCUT2D eigenvalue weighted by Gasteiger charge is -2.47. The predicted molar refractivity (Wildman–Crippen MR) is 145 cm³/mol. The van der Waals surface area contributed by atoms with Gasteiger partial charge in [0.1, 0.15) is 0 Å². The summed E-state index contributed by atoms with van der Waals surface area (Å²) in [4.78, 5) is 39.4. The van der Waals surface area contributed by atoms with E-state index in [1.165, 1.54) is 44.9 Å². The minimum Gasteiger partial charge on any atom is -0.390 e. The van der Waals surface area contributed by atoms with Gasteiger partial charge < -0.3 is 21.5 Å². The highest BCUT2D eigenvalue weighted by Gasteiger charge is 2.42. The lowest BCUT2D eigenvalue weighted by molar-refractivity contribution is -0.133. The Morgan fingerprint density at radius 2 is 1.62 bits per heavy atom. The number of nitrogens with two attached hydrogens (primary N) is 1. The number of nitrogens with one attached hydrogen (secondary N) is 2. The molecule has 1 aliphatic heterocycles. The van der Waals surface area contributed by atoms with E-state index in [-0.39, 0.29) is 42.3 Å². The molecule has 3 aliphatic rings. The summed E-state index contributed by atoms with van der Waals surface area (Å²) in [5.41, 5.74) is 4.92.